The summed E-state index contributed by atoms with van der Waals surface area (Å²) in [5.74, 6) is 0. The fourth-order valence-electron chi connectivity index (χ4n) is 2.98. The van der Waals surface area contributed by atoms with Gasteiger partial charge >= 0.3 is 22.0 Å². The van der Waals surface area contributed by atoms with Gasteiger partial charge in [0.05, 0.1) is 7.11 Å². The lowest BCUT2D eigenvalue weighted by molar-refractivity contribution is -0.0517. The maximum absolute atomic E-state index is 12.9. The van der Waals surface area contributed by atoms with Crippen molar-refractivity contribution in [2.75, 3.05) is 7.11 Å². The minimum Gasteiger partial charge on any atom is -0.741 e. The van der Waals surface area contributed by atoms with Gasteiger partial charge in [0.2, 0.25) is 4.90 Å². The van der Waals surface area contributed by atoms with Crippen LogP contribution in [0.3, 0.4) is 0 Å². The monoisotopic (exact) mass is 542 g/mol. The Bertz CT molecular complexity index is 1260. The molecule has 0 aliphatic heterocycles. The number of alkyl halides is 3. The Kier molecular flexibility index (Phi) is 9.72. The Morgan fingerprint density at radius 2 is 1.31 bits per heavy atom. The van der Waals surface area contributed by atoms with Crippen LogP contribution in [-0.4, -0.2) is 36.5 Å². The van der Waals surface area contributed by atoms with Crippen LogP contribution in [-0.2, 0) is 30.2 Å². The summed E-state index contributed by atoms with van der Waals surface area (Å²) in [4.78, 5) is 13.7. The van der Waals surface area contributed by atoms with E-state index in [2.05, 4.69) is 30.3 Å². The molecule has 0 aliphatic carbocycles. The molecule has 11 heteroatoms. The first-order valence-electron chi connectivity index (χ1n) is 10.4. The van der Waals surface area contributed by atoms with Crippen LogP contribution in [0.2, 0.25) is 0 Å². The van der Waals surface area contributed by atoms with Gasteiger partial charge in [-0.05, 0) is 43.5 Å². The zero-order valence-corrected chi connectivity index (χ0v) is 21.5. The van der Waals surface area contributed by atoms with Crippen LogP contribution >= 0.6 is 0 Å². The van der Waals surface area contributed by atoms with Gasteiger partial charge in [-0.1, -0.05) is 72.8 Å². The SMILES string of the molecule is CO[S+](C(=O)OC(C)(C)C)c1cccc(-c2ccccc2)c1-c1ccccc1.O=S(=O)([O-])C(F)(F)F. The van der Waals surface area contributed by atoms with Gasteiger partial charge in [0.15, 0.2) is 10.1 Å². The van der Waals surface area contributed by atoms with Crippen LogP contribution in [0.5, 0.6) is 0 Å². The number of ether oxygens (including phenoxy) is 1. The molecular formula is C25H25F3O6S2. The molecular weight excluding hydrogens is 517 g/mol. The first-order valence-corrected chi connectivity index (χ1v) is 13.0. The fourth-order valence-corrected chi connectivity index (χ4v) is 4.42. The van der Waals surface area contributed by atoms with Crippen molar-refractivity contribution in [2.45, 2.75) is 36.8 Å². The van der Waals surface area contributed by atoms with Crippen LogP contribution in [0.25, 0.3) is 22.3 Å². The summed E-state index contributed by atoms with van der Waals surface area (Å²) >= 11 is -1.14. The van der Waals surface area contributed by atoms with Crippen LogP contribution in [0.4, 0.5) is 18.0 Å². The van der Waals surface area contributed by atoms with Gasteiger partial charge in [-0.25, -0.2) is 8.42 Å². The number of halogens is 3. The molecule has 0 amide bonds. The van der Waals surface area contributed by atoms with E-state index in [1.54, 1.807) is 7.11 Å². The zero-order valence-electron chi connectivity index (χ0n) is 19.9. The molecule has 0 spiro atoms. The predicted molar refractivity (Wildman–Crippen MR) is 132 cm³/mol. The van der Waals surface area contributed by atoms with Crippen LogP contribution in [0, 0.1) is 0 Å². The van der Waals surface area contributed by atoms with Gasteiger partial charge in [0, 0.05) is 5.56 Å². The summed E-state index contributed by atoms with van der Waals surface area (Å²) in [6, 6.07) is 26.3. The van der Waals surface area contributed by atoms with E-state index >= 15 is 0 Å². The van der Waals surface area contributed by atoms with Crippen LogP contribution in [0.1, 0.15) is 20.8 Å². The van der Waals surface area contributed by atoms with Crippen molar-refractivity contribution in [1.82, 2.24) is 0 Å². The molecule has 0 saturated carbocycles. The number of hydrogen-bond donors (Lipinski definition) is 0. The van der Waals surface area contributed by atoms with Crippen LogP contribution < -0.4 is 0 Å². The normalized spacial score (nSPS) is 12.8. The molecule has 3 aromatic carbocycles. The molecule has 0 saturated heterocycles. The summed E-state index contributed by atoms with van der Waals surface area (Å²) in [7, 11) is -4.54. The molecule has 0 N–H and O–H groups in total. The van der Waals surface area contributed by atoms with E-state index in [4.69, 9.17) is 21.9 Å². The standard InChI is InChI=1S/C24H25O3S.CHF3O3S/c1-24(2,3)27-23(25)28(26-4)21-17-11-16-20(18-12-7-5-8-13-18)22(21)19-14-9-6-10-15-19;2-1(3,4)8(5,6)7/h5-17H,1-4H3;(H,5,6,7)/q+1;/p-1. The molecule has 1 unspecified atom stereocenters. The van der Waals surface area contributed by atoms with Crippen molar-refractivity contribution in [3.8, 4) is 22.3 Å². The lowest BCUT2D eigenvalue weighted by atomic mass is 9.94. The smallest absolute Gasteiger partial charge is 0.568 e. The lowest BCUT2D eigenvalue weighted by Gasteiger charge is -2.18. The third-order valence-corrected chi connectivity index (χ3v) is 6.39. The number of carbonyl (C=O) groups excluding carboxylic acids is 1. The molecule has 194 valence electrons. The molecule has 1 atom stereocenters. The Morgan fingerprint density at radius 1 is 0.833 bits per heavy atom. The first kappa shape index (κ1) is 29.4. The van der Waals surface area contributed by atoms with E-state index < -0.39 is 32.4 Å². The summed E-state index contributed by atoms with van der Waals surface area (Å²) in [6.07, 6.45) is 0. The fraction of sp³-hybridized carbons (Fsp3) is 0.240. The van der Waals surface area contributed by atoms with E-state index in [9.17, 15) is 18.0 Å². The largest absolute Gasteiger partial charge is 0.741 e. The minimum atomic E-state index is -6.09. The van der Waals surface area contributed by atoms with E-state index in [1.165, 1.54) is 0 Å². The second-order valence-electron chi connectivity index (χ2n) is 8.21. The highest BCUT2D eigenvalue weighted by Gasteiger charge is 2.42. The highest BCUT2D eigenvalue weighted by atomic mass is 32.2. The molecule has 3 rings (SSSR count). The molecule has 0 aliphatic rings. The number of benzene rings is 3. The molecule has 0 radical (unpaired) electrons. The van der Waals surface area contributed by atoms with Crippen molar-refractivity contribution in [2.24, 2.45) is 0 Å². The molecule has 0 bridgehead atoms. The Labute approximate surface area is 211 Å². The van der Waals surface area contributed by atoms with Gasteiger partial charge in [0.25, 0.3) is 0 Å². The second kappa shape index (κ2) is 11.9. The highest BCUT2D eigenvalue weighted by molar-refractivity contribution is 8.06. The maximum atomic E-state index is 12.9. The minimum absolute atomic E-state index is 0.364. The highest BCUT2D eigenvalue weighted by Crippen LogP contribution is 2.39. The summed E-state index contributed by atoms with van der Waals surface area (Å²) in [6.45, 7) is 5.59. The lowest BCUT2D eigenvalue weighted by Crippen LogP contribution is -2.29. The summed E-state index contributed by atoms with van der Waals surface area (Å²) < 4.78 is 70.2. The van der Waals surface area contributed by atoms with Crippen molar-refractivity contribution >= 4 is 26.6 Å². The molecule has 36 heavy (non-hydrogen) atoms. The van der Waals surface area contributed by atoms with Crippen molar-refractivity contribution in [3.05, 3.63) is 78.9 Å². The molecule has 3 aromatic rings. The van der Waals surface area contributed by atoms with E-state index in [-0.39, 0.29) is 5.30 Å². The van der Waals surface area contributed by atoms with Crippen molar-refractivity contribution < 1.29 is 39.9 Å². The van der Waals surface area contributed by atoms with Gasteiger partial charge in [0.1, 0.15) is 5.60 Å². The molecule has 0 aromatic heterocycles. The zero-order chi connectivity index (χ0) is 27.1. The Hall–Kier alpha value is -2.86. The van der Waals surface area contributed by atoms with Gasteiger partial charge in [-0.3, -0.25) is 0 Å². The average Bonchev–Trinajstić information content (AvgIpc) is 2.78. The van der Waals surface area contributed by atoms with Crippen LogP contribution in [0.15, 0.2) is 83.8 Å². The maximum Gasteiger partial charge on any atom is 0.568 e. The third kappa shape index (κ3) is 8.09. The van der Waals surface area contributed by atoms with Gasteiger partial charge in [-0.15, -0.1) is 0 Å². The quantitative estimate of drug-likeness (QED) is 0.161. The third-order valence-electron chi connectivity index (χ3n) is 4.36. The first-order chi connectivity index (χ1) is 16.7. The number of hydrogen-bond acceptors (Lipinski definition) is 6. The average molecular weight is 543 g/mol. The predicted octanol–water partition coefficient (Wildman–Crippen LogP) is 6.55. The molecule has 0 heterocycles. The summed E-state index contributed by atoms with van der Waals surface area (Å²) in [5.41, 5.74) is -2.05. The second-order valence-corrected chi connectivity index (χ2v) is 11.2. The topological polar surface area (TPSA) is 92.7 Å². The van der Waals surface area contributed by atoms with Gasteiger partial charge < -0.3 is 9.29 Å². The van der Waals surface area contributed by atoms with Crippen molar-refractivity contribution in [1.29, 1.82) is 0 Å². The van der Waals surface area contributed by atoms with E-state index in [1.807, 2.05) is 69.3 Å². The molecule has 0 fully saturated rings. The van der Waals surface area contributed by atoms with E-state index in [0.717, 1.165) is 27.1 Å². The number of carbonyl (C=O) groups is 1. The van der Waals surface area contributed by atoms with Gasteiger partial charge in [-0.2, -0.15) is 22.1 Å². The number of rotatable bonds is 4. The summed E-state index contributed by atoms with van der Waals surface area (Å²) in [5, 5.41) is -0.364. The Balaban J connectivity index is 0.000000493. The van der Waals surface area contributed by atoms with Crippen molar-refractivity contribution in [3.63, 3.8) is 0 Å². The molecule has 6 nitrogen and oxygen atoms in total. The van der Waals surface area contributed by atoms with E-state index in [0.29, 0.717) is 0 Å². The Morgan fingerprint density at radius 3 is 1.72 bits per heavy atom.